The van der Waals surface area contributed by atoms with Gasteiger partial charge in [0.15, 0.2) is 0 Å². The van der Waals surface area contributed by atoms with Gasteiger partial charge in [0.2, 0.25) is 0 Å². The number of fused-ring (bicyclic) bond motifs is 1. The van der Waals surface area contributed by atoms with E-state index in [0.717, 1.165) is 5.56 Å². The number of hydrogen-bond donors (Lipinski definition) is 1. The zero-order valence-corrected chi connectivity index (χ0v) is 9.38. The van der Waals surface area contributed by atoms with Crippen LogP contribution < -0.4 is 0 Å². The van der Waals surface area contributed by atoms with Crippen molar-refractivity contribution >= 4 is 12.2 Å². The Morgan fingerprint density at radius 1 is 1.31 bits per heavy atom. The molecule has 2 nitrogen and oxygen atoms in total. The van der Waals surface area contributed by atoms with Crippen molar-refractivity contribution in [1.82, 2.24) is 9.78 Å². The predicted molar refractivity (Wildman–Crippen MR) is 62.7 cm³/mol. The summed E-state index contributed by atoms with van der Waals surface area (Å²) in [5.74, 6) is 0. The van der Waals surface area contributed by atoms with E-state index in [9.17, 15) is 4.39 Å². The average molecular weight is 234 g/mol. The fourth-order valence-electron chi connectivity index (χ4n) is 2.30. The first-order valence-corrected chi connectivity index (χ1v) is 5.67. The maximum atomic E-state index is 13.8. The van der Waals surface area contributed by atoms with Gasteiger partial charge in [-0.15, -0.1) is 0 Å². The highest BCUT2D eigenvalue weighted by Gasteiger charge is 2.32. The molecule has 1 aliphatic rings. The summed E-state index contributed by atoms with van der Waals surface area (Å²) in [5.41, 5.74) is 1.78. The van der Waals surface area contributed by atoms with Crippen LogP contribution in [-0.4, -0.2) is 9.78 Å². The monoisotopic (exact) mass is 234 g/mol. The number of rotatable bonds is 1. The summed E-state index contributed by atoms with van der Waals surface area (Å²) in [6.07, 6.45) is -0.427. The van der Waals surface area contributed by atoms with Gasteiger partial charge in [-0.2, -0.15) is 0 Å². The van der Waals surface area contributed by atoms with E-state index in [0.29, 0.717) is 16.8 Å². The SMILES string of the molecule is F[C@@H]1C[C@H](c2ccccc2)n2[nH]c(=S)cc21. The molecule has 16 heavy (non-hydrogen) atoms. The van der Waals surface area contributed by atoms with Gasteiger partial charge in [0.05, 0.1) is 11.7 Å². The van der Waals surface area contributed by atoms with Crippen LogP contribution in [0, 0.1) is 4.64 Å². The third kappa shape index (κ3) is 1.41. The zero-order chi connectivity index (χ0) is 11.1. The zero-order valence-electron chi connectivity index (χ0n) is 8.56. The van der Waals surface area contributed by atoms with E-state index < -0.39 is 6.17 Å². The van der Waals surface area contributed by atoms with Crippen LogP contribution in [0.4, 0.5) is 4.39 Å². The largest absolute Gasteiger partial charge is 0.288 e. The van der Waals surface area contributed by atoms with Crippen LogP contribution in [0.25, 0.3) is 0 Å². The molecule has 0 amide bonds. The first kappa shape index (κ1) is 9.78. The highest BCUT2D eigenvalue weighted by Crippen LogP contribution is 2.39. The van der Waals surface area contributed by atoms with Crippen LogP contribution in [0.1, 0.15) is 29.9 Å². The van der Waals surface area contributed by atoms with Crippen LogP contribution in [0.3, 0.4) is 0 Å². The molecule has 2 heterocycles. The summed E-state index contributed by atoms with van der Waals surface area (Å²) >= 11 is 5.03. The van der Waals surface area contributed by atoms with E-state index >= 15 is 0 Å². The van der Waals surface area contributed by atoms with Crippen LogP contribution in [0.2, 0.25) is 0 Å². The fraction of sp³-hybridized carbons (Fsp3) is 0.250. The topological polar surface area (TPSA) is 20.7 Å². The van der Waals surface area contributed by atoms with Crippen molar-refractivity contribution < 1.29 is 4.39 Å². The number of nitrogens with zero attached hydrogens (tertiary/aromatic N) is 1. The molecule has 3 rings (SSSR count). The number of aromatic nitrogens is 2. The van der Waals surface area contributed by atoms with Gasteiger partial charge in [-0.05, 0) is 11.6 Å². The van der Waals surface area contributed by atoms with Crippen molar-refractivity contribution in [1.29, 1.82) is 0 Å². The second-order valence-corrected chi connectivity index (χ2v) is 4.48. The summed E-state index contributed by atoms with van der Waals surface area (Å²) in [7, 11) is 0. The van der Waals surface area contributed by atoms with Gasteiger partial charge >= 0.3 is 0 Å². The quantitative estimate of drug-likeness (QED) is 0.748. The summed E-state index contributed by atoms with van der Waals surface area (Å²) in [4.78, 5) is 0. The van der Waals surface area contributed by atoms with Gasteiger partial charge < -0.3 is 0 Å². The van der Waals surface area contributed by atoms with E-state index in [1.54, 1.807) is 6.07 Å². The standard InChI is InChI=1S/C12H11FN2S/c13-9-6-10(8-4-2-1-3-5-8)15-11(9)7-12(16)14-15/h1-5,7,9-10H,6H2,(H,14,16)/t9-,10-/m1/s1. The summed E-state index contributed by atoms with van der Waals surface area (Å²) < 4.78 is 16.2. The van der Waals surface area contributed by atoms with Crippen molar-refractivity contribution in [2.45, 2.75) is 18.6 Å². The Hall–Kier alpha value is -1.42. The fourth-order valence-corrected chi connectivity index (χ4v) is 2.52. The van der Waals surface area contributed by atoms with Crippen LogP contribution in [0.5, 0.6) is 0 Å². The van der Waals surface area contributed by atoms with Crippen molar-refractivity contribution in [2.75, 3.05) is 0 Å². The molecule has 0 saturated heterocycles. The molecule has 2 aromatic rings. The maximum Gasteiger partial charge on any atom is 0.144 e. The highest BCUT2D eigenvalue weighted by molar-refractivity contribution is 7.71. The van der Waals surface area contributed by atoms with Crippen molar-refractivity contribution in [3.8, 4) is 0 Å². The molecule has 4 heteroatoms. The van der Waals surface area contributed by atoms with E-state index in [-0.39, 0.29) is 6.04 Å². The lowest BCUT2D eigenvalue weighted by atomic mass is 10.0. The molecule has 0 fully saturated rings. The van der Waals surface area contributed by atoms with Crippen LogP contribution in [-0.2, 0) is 0 Å². The van der Waals surface area contributed by atoms with Crippen molar-refractivity contribution in [2.24, 2.45) is 0 Å². The van der Waals surface area contributed by atoms with E-state index in [1.807, 2.05) is 35.0 Å². The normalized spacial score (nSPS) is 23.3. The van der Waals surface area contributed by atoms with Crippen molar-refractivity contribution in [3.05, 3.63) is 52.3 Å². The number of H-pyrrole nitrogens is 1. The van der Waals surface area contributed by atoms with Crippen LogP contribution >= 0.6 is 12.2 Å². The molecule has 0 saturated carbocycles. The minimum Gasteiger partial charge on any atom is -0.288 e. The average Bonchev–Trinajstić information content (AvgIpc) is 2.80. The third-order valence-electron chi connectivity index (χ3n) is 3.03. The number of alkyl halides is 1. The van der Waals surface area contributed by atoms with Gasteiger partial charge in [-0.3, -0.25) is 9.78 Å². The molecule has 0 bridgehead atoms. The molecule has 82 valence electrons. The number of aromatic amines is 1. The Morgan fingerprint density at radius 2 is 2.06 bits per heavy atom. The molecule has 0 unspecified atom stereocenters. The highest BCUT2D eigenvalue weighted by atomic mass is 32.1. The lowest BCUT2D eigenvalue weighted by Gasteiger charge is -2.12. The molecule has 0 radical (unpaired) electrons. The number of halogens is 1. The Balaban J connectivity index is 2.10. The Labute approximate surface area is 97.7 Å². The second-order valence-electron chi connectivity index (χ2n) is 4.04. The number of hydrogen-bond acceptors (Lipinski definition) is 1. The third-order valence-corrected chi connectivity index (χ3v) is 3.24. The molecule has 1 aromatic carbocycles. The molecular weight excluding hydrogens is 223 g/mol. The first-order chi connectivity index (χ1) is 7.75. The van der Waals surface area contributed by atoms with Gasteiger partial charge in [-0.25, -0.2) is 4.39 Å². The lowest BCUT2D eigenvalue weighted by Crippen LogP contribution is -2.06. The molecule has 1 aliphatic heterocycles. The molecule has 1 N–H and O–H groups in total. The van der Waals surface area contributed by atoms with Gasteiger partial charge in [-0.1, -0.05) is 42.5 Å². The molecule has 0 spiro atoms. The smallest absolute Gasteiger partial charge is 0.144 e. The maximum absolute atomic E-state index is 13.8. The summed E-state index contributed by atoms with van der Waals surface area (Å²) in [5, 5.41) is 3.03. The number of benzene rings is 1. The van der Waals surface area contributed by atoms with Crippen LogP contribution in [0.15, 0.2) is 36.4 Å². The molecule has 2 atom stereocenters. The number of nitrogens with one attached hydrogen (secondary N) is 1. The molecule has 1 aromatic heterocycles. The lowest BCUT2D eigenvalue weighted by molar-refractivity contribution is 0.334. The molecular formula is C12H11FN2S. The first-order valence-electron chi connectivity index (χ1n) is 5.26. The van der Waals surface area contributed by atoms with Gasteiger partial charge in [0.25, 0.3) is 0 Å². The van der Waals surface area contributed by atoms with Gasteiger partial charge in [0, 0.05) is 6.42 Å². The Bertz CT molecular complexity index is 558. The summed E-state index contributed by atoms with van der Waals surface area (Å²) in [6, 6.07) is 11.7. The van der Waals surface area contributed by atoms with Gasteiger partial charge in [0.1, 0.15) is 10.8 Å². The second kappa shape index (κ2) is 3.56. The van der Waals surface area contributed by atoms with E-state index in [1.165, 1.54) is 0 Å². The summed E-state index contributed by atoms with van der Waals surface area (Å²) in [6.45, 7) is 0. The predicted octanol–water partition coefficient (Wildman–Crippen LogP) is 3.55. The minimum atomic E-state index is -0.918. The minimum absolute atomic E-state index is 0.0444. The van der Waals surface area contributed by atoms with E-state index in [4.69, 9.17) is 12.2 Å². The Kier molecular flexibility index (Phi) is 2.17. The van der Waals surface area contributed by atoms with Crippen molar-refractivity contribution in [3.63, 3.8) is 0 Å². The Morgan fingerprint density at radius 3 is 2.81 bits per heavy atom. The molecule has 0 aliphatic carbocycles. The van der Waals surface area contributed by atoms with E-state index in [2.05, 4.69) is 5.10 Å².